The van der Waals surface area contributed by atoms with Crippen LogP contribution in [0.25, 0.3) is 6.08 Å². The van der Waals surface area contributed by atoms with Crippen molar-refractivity contribution in [3.05, 3.63) is 79.3 Å². The second-order valence-electron chi connectivity index (χ2n) is 5.59. The van der Waals surface area contributed by atoms with E-state index in [1.807, 2.05) is 12.1 Å². The Morgan fingerprint density at radius 2 is 1.89 bits per heavy atom. The van der Waals surface area contributed by atoms with Gasteiger partial charge in [0.2, 0.25) is 0 Å². The minimum Gasteiger partial charge on any atom is -0.506 e. The summed E-state index contributed by atoms with van der Waals surface area (Å²) < 4.78 is 5.08. The topological polar surface area (TPSA) is 58.9 Å². The number of halogens is 3. The molecule has 0 atom stereocenters. The van der Waals surface area contributed by atoms with Crippen LogP contribution in [0, 0.1) is 0 Å². The van der Waals surface area contributed by atoms with Crippen LogP contribution in [0.1, 0.15) is 12.5 Å². The zero-order valence-electron chi connectivity index (χ0n) is 14.6. The average molecular weight is 455 g/mol. The van der Waals surface area contributed by atoms with E-state index in [4.69, 9.17) is 39.5 Å². The first-order valence-corrected chi connectivity index (χ1v) is 10.1. The summed E-state index contributed by atoms with van der Waals surface area (Å²) >= 11 is 19.3. The molecule has 1 aliphatic heterocycles. The lowest BCUT2D eigenvalue weighted by molar-refractivity contribution is -0.138. The van der Waals surface area contributed by atoms with E-state index in [9.17, 15) is 9.90 Å². The lowest BCUT2D eigenvalue weighted by Gasteiger charge is -2.04. The van der Waals surface area contributed by atoms with Crippen molar-refractivity contribution in [2.45, 2.75) is 6.92 Å². The van der Waals surface area contributed by atoms with E-state index in [-0.39, 0.29) is 17.9 Å². The number of benzene rings is 2. The molecule has 8 heteroatoms. The van der Waals surface area contributed by atoms with E-state index in [2.05, 4.69) is 4.99 Å². The highest BCUT2D eigenvalue weighted by molar-refractivity contribution is 8.18. The highest BCUT2D eigenvalue weighted by atomic mass is 35.5. The third-order valence-corrected chi connectivity index (χ3v) is 5.80. The van der Waals surface area contributed by atoms with Gasteiger partial charge in [-0.05, 0) is 42.8 Å². The van der Waals surface area contributed by atoms with Gasteiger partial charge in [-0.25, -0.2) is 9.79 Å². The van der Waals surface area contributed by atoms with Crippen molar-refractivity contribution in [2.75, 3.05) is 6.61 Å². The van der Waals surface area contributed by atoms with E-state index in [0.29, 0.717) is 36.3 Å². The first-order valence-electron chi connectivity index (χ1n) is 8.19. The van der Waals surface area contributed by atoms with Gasteiger partial charge >= 0.3 is 5.97 Å². The second-order valence-corrected chi connectivity index (χ2v) is 7.84. The third-order valence-electron chi connectivity index (χ3n) is 3.70. The van der Waals surface area contributed by atoms with Gasteiger partial charge in [-0.2, -0.15) is 0 Å². The molecule has 0 unspecified atom stereocenters. The van der Waals surface area contributed by atoms with Crippen molar-refractivity contribution < 1.29 is 14.6 Å². The standard InChI is InChI=1S/C20H14Cl3NO3S/c1-2-27-20(26)17-18(25)16(9-11-5-3-4-6-13(11)21)28-19(17)24-12-7-8-14(22)15(23)10-12/h3-10,25H,2H2,1H3. The van der Waals surface area contributed by atoms with Gasteiger partial charge in [0.05, 0.1) is 27.2 Å². The van der Waals surface area contributed by atoms with Crippen molar-refractivity contribution >= 4 is 69.3 Å². The molecule has 3 rings (SSSR count). The molecule has 0 saturated heterocycles. The summed E-state index contributed by atoms with van der Waals surface area (Å²) in [5.74, 6) is -0.865. The van der Waals surface area contributed by atoms with Crippen LogP contribution in [-0.4, -0.2) is 22.7 Å². The van der Waals surface area contributed by atoms with Crippen LogP contribution in [0.15, 0.2) is 63.7 Å². The van der Waals surface area contributed by atoms with Gasteiger partial charge < -0.3 is 9.84 Å². The minimum absolute atomic E-state index is 0.00349. The number of aliphatic imine (C=N–C) groups is 1. The first kappa shape index (κ1) is 20.8. The molecular weight excluding hydrogens is 441 g/mol. The van der Waals surface area contributed by atoms with Gasteiger partial charge in [0.25, 0.3) is 0 Å². The fourth-order valence-corrected chi connectivity index (χ4v) is 3.91. The Morgan fingerprint density at radius 1 is 1.14 bits per heavy atom. The lowest BCUT2D eigenvalue weighted by atomic mass is 10.1. The molecular formula is C20H14Cl3NO3S. The maximum Gasteiger partial charge on any atom is 0.344 e. The Bertz CT molecular complexity index is 1030. The lowest BCUT2D eigenvalue weighted by Crippen LogP contribution is -2.12. The number of carbonyl (C=O) groups excluding carboxylic acids is 1. The Kier molecular flexibility index (Phi) is 6.73. The van der Waals surface area contributed by atoms with Crippen molar-refractivity contribution in [2.24, 2.45) is 4.99 Å². The van der Waals surface area contributed by atoms with E-state index in [0.717, 1.165) is 11.8 Å². The molecule has 28 heavy (non-hydrogen) atoms. The van der Waals surface area contributed by atoms with E-state index in [1.54, 1.807) is 43.3 Å². The zero-order chi connectivity index (χ0) is 20.3. The summed E-state index contributed by atoms with van der Waals surface area (Å²) in [7, 11) is 0. The Hall–Kier alpha value is -1.92. The molecule has 0 amide bonds. The molecule has 1 N–H and O–H groups in total. The fraction of sp³-hybridized carbons (Fsp3) is 0.100. The third kappa shape index (κ3) is 4.55. The van der Waals surface area contributed by atoms with Gasteiger partial charge in [-0.3, -0.25) is 0 Å². The second kappa shape index (κ2) is 9.05. The Balaban J connectivity index is 2.07. The summed E-state index contributed by atoms with van der Waals surface area (Å²) in [4.78, 5) is 17.3. The van der Waals surface area contributed by atoms with Crippen LogP contribution in [0.5, 0.6) is 0 Å². The molecule has 0 saturated carbocycles. The maximum atomic E-state index is 12.4. The molecule has 144 valence electrons. The molecule has 0 fully saturated rings. The number of nitrogens with zero attached hydrogens (tertiary/aromatic N) is 1. The SMILES string of the molecule is CCOC(=O)C1=C(O)C(=Cc2ccccc2Cl)SC1=Nc1ccc(Cl)c(Cl)c1. The van der Waals surface area contributed by atoms with Crippen LogP contribution in [0.3, 0.4) is 0 Å². The summed E-state index contributed by atoms with van der Waals surface area (Å²) in [6, 6.07) is 12.0. The minimum atomic E-state index is -0.658. The number of hydrogen-bond acceptors (Lipinski definition) is 5. The molecule has 4 nitrogen and oxygen atoms in total. The highest BCUT2D eigenvalue weighted by Gasteiger charge is 2.33. The molecule has 1 heterocycles. The average Bonchev–Trinajstić information content (AvgIpc) is 2.95. The largest absolute Gasteiger partial charge is 0.506 e. The summed E-state index contributed by atoms with van der Waals surface area (Å²) in [5, 5.41) is 12.2. The predicted molar refractivity (Wildman–Crippen MR) is 117 cm³/mol. The number of hydrogen-bond donors (Lipinski definition) is 1. The van der Waals surface area contributed by atoms with Crippen LogP contribution in [-0.2, 0) is 9.53 Å². The molecule has 1 aliphatic rings. The maximum absolute atomic E-state index is 12.4. The number of ether oxygens (including phenoxy) is 1. The molecule has 0 spiro atoms. The number of aliphatic hydroxyl groups is 1. The normalized spacial score (nSPS) is 16.9. The molecule has 2 aromatic carbocycles. The van der Waals surface area contributed by atoms with Gasteiger partial charge in [-0.1, -0.05) is 64.8 Å². The molecule has 0 aliphatic carbocycles. The number of rotatable bonds is 4. The van der Waals surface area contributed by atoms with E-state index >= 15 is 0 Å². The van der Waals surface area contributed by atoms with E-state index < -0.39 is 5.97 Å². The van der Waals surface area contributed by atoms with Crippen LogP contribution >= 0.6 is 46.6 Å². The highest BCUT2D eigenvalue weighted by Crippen LogP contribution is 2.41. The molecule has 0 bridgehead atoms. The molecule has 0 aromatic heterocycles. The smallest absolute Gasteiger partial charge is 0.344 e. The Labute approximate surface area is 181 Å². The van der Waals surface area contributed by atoms with Gasteiger partial charge in [0.1, 0.15) is 16.4 Å². The number of thioether (sulfide) groups is 1. The Morgan fingerprint density at radius 3 is 2.57 bits per heavy atom. The van der Waals surface area contributed by atoms with Gasteiger partial charge in [-0.15, -0.1) is 0 Å². The van der Waals surface area contributed by atoms with Crippen molar-refractivity contribution in [1.29, 1.82) is 0 Å². The van der Waals surface area contributed by atoms with Crippen molar-refractivity contribution in [3.63, 3.8) is 0 Å². The van der Waals surface area contributed by atoms with E-state index in [1.165, 1.54) is 0 Å². The van der Waals surface area contributed by atoms with Gasteiger partial charge in [0.15, 0.2) is 0 Å². The number of esters is 1. The van der Waals surface area contributed by atoms with Crippen molar-refractivity contribution in [1.82, 2.24) is 0 Å². The number of aliphatic hydroxyl groups excluding tert-OH is 1. The predicted octanol–water partition coefficient (Wildman–Crippen LogP) is 6.84. The van der Waals surface area contributed by atoms with Crippen LogP contribution in [0.2, 0.25) is 15.1 Å². The summed E-state index contributed by atoms with van der Waals surface area (Å²) in [5.41, 5.74) is 1.19. The van der Waals surface area contributed by atoms with Crippen LogP contribution in [0.4, 0.5) is 5.69 Å². The first-order chi connectivity index (χ1) is 13.4. The number of carbonyl (C=O) groups is 1. The molecule has 2 aromatic rings. The summed E-state index contributed by atoms with van der Waals surface area (Å²) in [6.45, 7) is 1.86. The van der Waals surface area contributed by atoms with Crippen molar-refractivity contribution in [3.8, 4) is 0 Å². The van der Waals surface area contributed by atoms with Gasteiger partial charge in [0, 0.05) is 5.02 Å². The summed E-state index contributed by atoms with van der Waals surface area (Å²) in [6.07, 6.45) is 1.69. The quantitative estimate of drug-likeness (QED) is 0.514. The monoisotopic (exact) mass is 453 g/mol. The van der Waals surface area contributed by atoms with Crippen LogP contribution < -0.4 is 0 Å². The molecule has 0 radical (unpaired) electrons. The fourth-order valence-electron chi connectivity index (χ4n) is 2.40. The zero-order valence-corrected chi connectivity index (χ0v) is 17.7.